The molecule has 0 aliphatic heterocycles. The molecule has 1 aromatic heterocycles. The first-order valence-corrected chi connectivity index (χ1v) is 5.72. The van der Waals surface area contributed by atoms with E-state index in [2.05, 4.69) is 10.2 Å². The van der Waals surface area contributed by atoms with Crippen LogP contribution >= 0.6 is 24.8 Å². The molecule has 0 amide bonds. The third kappa shape index (κ3) is 3.75. The number of hydrogen-bond donors (Lipinski definition) is 3. The molecule has 0 fully saturated rings. The Morgan fingerprint density at radius 2 is 2.20 bits per heavy atom. The van der Waals surface area contributed by atoms with E-state index >= 15 is 0 Å². The number of carbonyl (C=O) groups is 1. The number of fused-ring (bicyclic) bond motifs is 1. The molecule has 0 aliphatic rings. The molecule has 6 nitrogen and oxygen atoms in total. The normalized spacial score (nSPS) is 11.3. The Bertz CT molecular complexity index is 570. The number of nitrogens with one attached hydrogen (secondary N) is 1. The van der Waals surface area contributed by atoms with E-state index in [9.17, 15) is 9.90 Å². The highest BCUT2D eigenvalue weighted by Crippen LogP contribution is 2.26. The summed E-state index contributed by atoms with van der Waals surface area (Å²) in [6, 6.07) is 3.18. The number of nitrogens with two attached hydrogens (primary N) is 1. The van der Waals surface area contributed by atoms with Crippen LogP contribution in [0, 0.1) is 0 Å². The van der Waals surface area contributed by atoms with Crippen molar-refractivity contribution in [2.45, 2.75) is 19.4 Å². The Morgan fingerprint density at radius 1 is 1.50 bits per heavy atom. The third-order valence-corrected chi connectivity index (χ3v) is 2.78. The maximum absolute atomic E-state index is 11.2. The zero-order valence-corrected chi connectivity index (χ0v) is 12.5. The topological polar surface area (TPSA) is 101 Å². The van der Waals surface area contributed by atoms with Gasteiger partial charge in [0.2, 0.25) is 0 Å². The molecule has 0 spiro atoms. The van der Waals surface area contributed by atoms with Crippen molar-refractivity contribution in [3.63, 3.8) is 0 Å². The minimum absolute atomic E-state index is 0. The summed E-state index contributed by atoms with van der Waals surface area (Å²) < 4.78 is 5.64. The Morgan fingerprint density at radius 3 is 2.75 bits per heavy atom. The number of carboxylic acid groups (broad SMARTS) is 1. The SMILES string of the molecule is CCC(CN)Oc1cc2cn[nH]c2cc1C(=O)O.Cl.Cl. The van der Waals surface area contributed by atoms with Gasteiger partial charge >= 0.3 is 5.97 Å². The van der Waals surface area contributed by atoms with Crippen LogP contribution in [0.3, 0.4) is 0 Å². The highest BCUT2D eigenvalue weighted by atomic mass is 35.5. The van der Waals surface area contributed by atoms with Gasteiger partial charge in [0, 0.05) is 11.9 Å². The van der Waals surface area contributed by atoms with E-state index in [1.807, 2.05) is 6.92 Å². The summed E-state index contributed by atoms with van der Waals surface area (Å²) in [5.74, 6) is -0.706. The number of hydrogen-bond acceptors (Lipinski definition) is 4. The molecule has 0 saturated heterocycles. The van der Waals surface area contributed by atoms with Gasteiger partial charge in [0.05, 0.1) is 11.7 Å². The van der Waals surface area contributed by atoms with Crippen molar-refractivity contribution in [1.82, 2.24) is 10.2 Å². The number of aromatic carboxylic acids is 1. The van der Waals surface area contributed by atoms with Crippen molar-refractivity contribution in [2.75, 3.05) is 6.54 Å². The average molecular weight is 322 g/mol. The van der Waals surface area contributed by atoms with Crippen molar-refractivity contribution in [3.05, 3.63) is 23.9 Å². The maximum atomic E-state index is 11.2. The van der Waals surface area contributed by atoms with Crippen molar-refractivity contribution in [1.29, 1.82) is 0 Å². The first-order chi connectivity index (χ1) is 8.65. The van der Waals surface area contributed by atoms with E-state index < -0.39 is 5.97 Å². The Labute approximate surface area is 128 Å². The van der Waals surface area contributed by atoms with Gasteiger partial charge in [-0.15, -0.1) is 24.8 Å². The Hall–Kier alpha value is -1.50. The quantitative estimate of drug-likeness (QED) is 0.783. The first-order valence-electron chi connectivity index (χ1n) is 5.72. The average Bonchev–Trinajstić information content (AvgIpc) is 2.81. The van der Waals surface area contributed by atoms with Gasteiger partial charge in [-0.2, -0.15) is 5.10 Å². The van der Waals surface area contributed by atoms with Crippen LogP contribution in [-0.4, -0.2) is 33.9 Å². The largest absolute Gasteiger partial charge is 0.488 e. The summed E-state index contributed by atoms with van der Waals surface area (Å²) in [7, 11) is 0. The fourth-order valence-electron chi connectivity index (χ4n) is 1.71. The molecule has 4 N–H and O–H groups in total. The zero-order chi connectivity index (χ0) is 13.1. The monoisotopic (exact) mass is 321 g/mol. The lowest BCUT2D eigenvalue weighted by Gasteiger charge is -2.17. The van der Waals surface area contributed by atoms with Gasteiger partial charge in [0.25, 0.3) is 0 Å². The second-order valence-electron chi connectivity index (χ2n) is 3.99. The highest BCUT2D eigenvalue weighted by Gasteiger charge is 2.16. The molecule has 20 heavy (non-hydrogen) atoms. The number of benzene rings is 1. The number of rotatable bonds is 5. The van der Waals surface area contributed by atoms with Crippen LogP contribution in [0.1, 0.15) is 23.7 Å². The van der Waals surface area contributed by atoms with E-state index in [1.54, 1.807) is 12.3 Å². The van der Waals surface area contributed by atoms with Gasteiger partial charge in [0.15, 0.2) is 0 Å². The summed E-state index contributed by atoms with van der Waals surface area (Å²) >= 11 is 0. The van der Waals surface area contributed by atoms with Crippen LogP contribution in [0.5, 0.6) is 5.75 Å². The summed E-state index contributed by atoms with van der Waals surface area (Å²) in [5.41, 5.74) is 6.34. The number of ether oxygens (including phenoxy) is 1. The van der Waals surface area contributed by atoms with E-state index in [-0.39, 0.29) is 36.5 Å². The molecule has 2 rings (SSSR count). The van der Waals surface area contributed by atoms with Crippen molar-refractivity contribution >= 4 is 41.7 Å². The van der Waals surface area contributed by atoms with Crippen LogP contribution in [0.15, 0.2) is 18.3 Å². The molecule has 1 unspecified atom stereocenters. The van der Waals surface area contributed by atoms with Crippen molar-refractivity contribution in [2.24, 2.45) is 5.73 Å². The van der Waals surface area contributed by atoms with E-state index in [0.29, 0.717) is 17.8 Å². The van der Waals surface area contributed by atoms with Gasteiger partial charge in [-0.05, 0) is 18.6 Å². The molecular weight excluding hydrogens is 305 g/mol. The molecule has 0 aliphatic carbocycles. The summed E-state index contributed by atoms with van der Waals surface area (Å²) in [6.45, 7) is 2.29. The molecule has 1 atom stereocenters. The molecule has 1 heterocycles. The minimum atomic E-state index is -1.03. The smallest absolute Gasteiger partial charge is 0.339 e. The number of aromatic amines is 1. The lowest BCUT2D eigenvalue weighted by Crippen LogP contribution is -2.26. The molecule has 1 aromatic carbocycles. The second-order valence-corrected chi connectivity index (χ2v) is 3.99. The fourth-order valence-corrected chi connectivity index (χ4v) is 1.71. The van der Waals surface area contributed by atoms with Crippen LogP contribution in [-0.2, 0) is 0 Å². The van der Waals surface area contributed by atoms with E-state index in [0.717, 1.165) is 11.8 Å². The number of nitrogens with zero attached hydrogens (tertiary/aromatic N) is 1. The predicted octanol–water partition coefficient (Wildman–Crippen LogP) is 2.22. The lowest BCUT2D eigenvalue weighted by atomic mass is 10.1. The van der Waals surface area contributed by atoms with Gasteiger partial charge in [0.1, 0.15) is 17.4 Å². The Balaban J connectivity index is 0.00000180. The third-order valence-electron chi connectivity index (χ3n) is 2.78. The number of aromatic nitrogens is 2. The molecule has 8 heteroatoms. The van der Waals surface area contributed by atoms with Gasteiger partial charge in [-0.1, -0.05) is 6.92 Å². The van der Waals surface area contributed by atoms with Crippen LogP contribution in [0.2, 0.25) is 0 Å². The number of carboxylic acids is 1. The highest BCUT2D eigenvalue weighted by molar-refractivity contribution is 5.96. The maximum Gasteiger partial charge on any atom is 0.339 e. The van der Waals surface area contributed by atoms with E-state index in [4.69, 9.17) is 10.5 Å². The molecule has 2 aromatic rings. The van der Waals surface area contributed by atoms with Gasteiger partial charge < -0.3 is 15.6 Å². The van der Waals surface area contributed by atoms with Gasteiger partial charge in [-0.3, -0.25) is 5.10 Å². The molecular formula is C12H17Cl2N3O3. The summed E-state index contributed by atoms with van der Waals surface area (Å²) in [5, 5.41) is 16.6. The predicted molar refractivity (Wildman–Crippen MR) is 81.3 cm³/mol. The first kappa shape index (κ1) is 18.5. The van der Waals surface area contributed by atoms with Crippen molar-refractivity contribution < 1.29 is 14.6 Å². The van der Waals surface area contributed by atoms with Crippen molar-refractivity contribution in [3.8, 4) is 5.75 Å². The molecule has 0 bridgehead atoms. The van der Waals surface area contributed by atoms with E-state index in [1.165, 1.54) is 6.07 Å². The zero-order valence-electron chi connectivity index (χ0n) is 10.8. The number of halogens is 2. The number of H-pyrrole nitrogens is 1. The molecule has 0 radical (unpaired) electrons. The minimum Gasteiger partial charge on any atom is -0.488 e. The van der Waals surface area contributed by atoms with Crippen LogP contribution in [0.4, 0.5) is 0 Å². The molecule has 0 saturated carbocycles. The fraction of sp³-hybridized carbons (Fsp3) is 0.333. The van der Waals surface area contributed by atoms with Crippen LogP contribution in [0.25, 0.3) is 10.9 Å². The lowest BCUT2D eigenvalue weighted by molar-refractivity contribution is 0.0689. The Kier molecular flexibility index (Phi) is 7.34. The standard InChI is InChI=1S/C12H15N3O3.2ClH/c1-2-8(5-13)18-11-3-7-6-14-15-10(7)4-9(11)12(16)17;;/h3-4,6,8H,2,5,13H2,1H3,(H,14,15)(H,16,17);2*1H. The van der Waals surface area contributed by atoms with Gasteiger partial charge in [-0.25, -0.2) is 4.79 Å². The second kappa shape index (κ2) is 7.94. The van der Waals surface area contributed by atoms with Crippen LogP contribution < -0.4 is 10.5 Å². The summed E-state index contributed by atoms with van der Waals surface area (Å²) in [4.78, 5) is 11.2. The molecule has 112 valence electrons. The summed E-state index contributed by atoms with van der Waals surface area (Å²) in [6.07, 6.45) is 2.16.